The molecule has 9 heteroatoms. The standard InChI is InChI=1S/C18H23N3O4S2/c1-2-12-27(24,25)21-16-7-5-15(6-8-16)20-17(22)4-3-10-19-18(23)14-9-11-26-13-14/h5-9,11,13,21H,2-4,10,12H2,1H3,(H,19,23)(H,20,22). The molecule has 0 bridgehead atoms. The minimum Gasteiger partial charge on any atom is -0.352 e. The molecule has 27 heavy (non-hydrogen) atoms. The molecule has 1 aromatic heterocycles. The Bertz CT molecular complexity index is 847. The van der Waals surface area contributed by atoms with Gasteiger partial charge in [0.25, 0.3) is 5.91 Å². The predicted molar refractivity (Wildman–Crippen MR) is 109 cm³/mol. The lowest BCUT2D eigenvalue weighted by atomic mass is 10.2. The number of hydrogen-bond acceptors (Lipinski definition) is 5. The first-order valence-corrected chi connectivity index (χ1v) is 11.2. The fourth-order valence-corrected chi connectivity index (χ4v) is 4.06. The fourth-order valence-electron chi connectivity index (χ4n) is 2.29. The molecule has 2 rings (SSSR count). The van der Waals surface area contributed by atoms with Crippen LogP contribution in [0.1, 0.15) is 36.5 Å². The zero-order valence-electron chi connectivity index (χ0n) is 15.0. The van der Waals surface area contributed by atoms with E-state index in [4.69, 9.17) is 0 Å². The first-order chi connectivity index (χ1) is 12.9. The van der Waals surface area contributed by atoms with E-state index in [2.05, 4.69) is 15.4 Å². The number of carbonyl (C=O) groups is 2. The van der Waals surface area contributed by atoms with Gasteiger partial charge in [-0.1, -0.05) is 6.92 Å². The van der Waals surface area contributed by atoms with Crippen LogP contribution in [0.4, 0.5) is 11.4 Å². The van der Waals surface area contributed by atoms with Crippen molar-refractivity contribution in [3.05, 3.63) is 46.7 Å². The Morgan fingerprint density at radius 3 is 2.41 bits per heavy atom. The maximum absolute atomic E-state index is 12.0. The average Bonchev–Trinajstić information content (AvgIpc) is 3.14. The van der Waals surface area contributed by atoms with E-state index in [1.54, 1.807) is 42.6 Å². The van der Waals surface area contributed by atoms with Crippen molar-refractivity contribution in [3.63, 3.8) is 0 Å². The van der Waals surface area contributed by atoms with E-state index < -0.39 is 10.0 Å². The second-order valence-electron chi connectivity index (χ2n) is 5.92. The van der Waals surface area contributed by atoms with Gasteiger partial charge in [-0.15, -0.1) is 0 Å². The SMILES string of the molecule is CCCS(=O)(=O)Nc1ccc(NC(=O)CCCNC(=O)c2ccsc2)cc1. The van der Waals surface area contributed by atoms with Crippen LogP contribution in [0, 0.1) is 0 Å². The highest BCUT2D eigenvalue weighted by atomic mass is 32.2. The van der Waals surface area contributed by atoms with Crippen LogP contribution in [0.15, 0.2) is 41.1 Å². The summed E-state index contributed by atoms with van der Waals surface area (Å²) in [4.78, 5) is 23.7. The maximum atomic E-state index is 12.0. The molecule has 0 unspecified atom stereocenters. The van der Waals surface area contributed by atoms with Crippen molar-refractivity contribution in [2.45, 2.75) is 26.2 Å². The van der Waals surface area contributed by atoms with Crippen molar-refractivity contribution in [2.75, 3.05) is 22.3 Å². The molecule has 0 aliphatic rings. The van der Waals surface area contributed by atoms with E-state index in [0.717, 1.165) is 0 Å². The van der Waals surface area contributed by atoms with Crippen molar-refractivity contribution in [1.82, 2.24) is 5.32 Å². The molecule has 0 atom stereocenters. The number of anilines is 2. The van der Waals surface area contributed by atoms with Crippen LogP contribution >= 0.6 is 11.3 Å². The molecular formula is C18H23N3O4S2. The Morgan fingerprint density at radius 2 is 1.78 bits per heavy atom. The van der Waals surface area contributed by atoms with Crippen molar-refractivity contribution in [3.8, 4) is 0 Å². The molecule has 2 amide bonds. The normalized spacial score (nSPS) is 11.0. The van der Waals surface area contributed by atoms with Gasteiger partial charge in [0.1, 0.15) is 0 Å². The lowest BCUT2D eigenvalue weighted by molar-refractivity contribution is -0.116. The first-order valence-electron chi connectivity index (χ1n) is 8.60. The molecular weight excluding hydrogens is 386 g/mol. The third kappa shape index (κ3) is 7.40. The van der Waals surface area contributed by atoms with Crippen molar-refractivity contribution in [1.29, 1.82) is 0 Å². The summed E-state index contributed by atoms with van der Waals surface area (Å²) in [6.07, 6.45) is 1.34. The van der Waals surface area contributed by atoms with Crippen LogP contribution < -0.4 is 15.4 Å². The van der Waals surface area contributed by atoms with E-state index >= 15 is 0 Å². The molecule has 2 aromatic rings. The Balaban J connectivity index is 1.71. The van der Waals surface area contributed by atoms with Crippen molar-refractivity contribution < 1.29 is 18.0 Å². The number of carbonyl (C=O) groups excluding carboxylic acids is 2. The second-order valence-corrected chi connectivity index (χ2v) is 8.54. The summed E-state index contributed by atoms with van der Waals surface area (Å²) in [6, 6.07) is 8.23. The molecule has 7 nitrogen and oxygen atoms in total. The smallest absolute Gasteiger partial charge is 0.252 e. The van der Waals surface area contributed by atoms with Gasteiger partial charge in [-0.3, -0.25) is 14.3 Å². The minimum absolute atomic E-state index is 0.0639. The summed E-state index contributed by atoms with van der Waals surface area (Å²) in [5, 5.41) is 9.12. The van der Waals surface area contributed by atoms with Gasteiger partial charge in [0, 0.05) is 35.3 Å². The topological polar surface area (TPSA) is 104 Å². The van der Waals surface area contributed by atoms with Gasteiger partial charge in [-0.2, -0.15) is 11.3 Å². The van der Waals surface area contributed by atoms with Gasteiger partial charge >= 0.3 is 0 Å². The zero-order chi connectivity index (χ0) is 19.7. The van der Waals surface area contributed by atoms with Gasteiger partial charge in [0.05, 0.1) is 5.75 Å². The lowest BCUT2D eigenvalue weighted by Crippen LogP contribution is -2.25. The van der Waals surface area contributed by atoms with E-state index in [9.17, 15) is 18.0 Å². The highest BCUT2D eigenvalue weighted by Crippen LogP contribution is 2.15. The van der Waals surface area contributed by atoms with E-state index in [0.29, 0.717) is 36.3 Å². The van der Waals surface area contributed by atoms with Gasteiger partial charge < -0.3 is 10.6 Å². The lowest BCUT2D eigenvalue weighted by Gasteiger charge is -2.09. The Kier molecular flexibility index (Phi) is 7.81. The van der Waals surface area contributed by atoms with Crippen LogP contribution in [-0.4, -0.2) is 32.5 Å². The van der Waals surface area contributed by atoms with Crippen molar-refractivity contribution >= 4 is 44.5 Å². The van der Waals surface area contributed by atoms with E-state index in [-0.39, 0.29) is 24.0 Å². The molecule has 0 aliphatic carbocycles. The molecule has 0 saturated heterocycles. The van der Waals surface area contributed by atoms with Crippen molar-refractivity contribution in [2.24, 2.45) is 0 Å². The number of rotatable bonds is 10. The molecule has 3 N–H and O–H groups in total. The average molecular weight is 410 g/mol. The summed E-state index contributed by atoms with van der Waals surface area (Å²) >= 11 is 1.46. The zero-order valence-corrected chi connectivity index (χ0v) is 16.7. The quantitative estimate of drug-likeness (QED) is 0.525. The predicted octanol–water partition coefficient (Wildman–Crippen LogP) is 3.05. The summed E-state index contributed by atoms with van der Waals surface area (Å²) in [5.74, 6) is -0.245. The molecule has 0 spiro atoms. The van der Waals surface area contributed by atoms with Crippen LogP contribution in [0.25, 0.3) is 0 Å². The van der Waals surface area contributed by atoms with Crippen LogP contribution in [0.3, 0.4) is 0 Å². The van der Waals surface area contributed by atoms with Crippen LogP contribution in [0.5, 0.6) is 0 Å². The third-order valence-corrected chi connectivity index (χ3v) is 5.74. The summed E-state index contributed by atoms with van der Waals surface area (Å²) in [6.45, 7) is 2.21. The van der Waals surface area contributed by atoms with Crippen LogP contribution in [-0.2, 0) is 14.8 Å². The molecule has 1 heterocycles. The van der Waals surface area contributed by atoms with E-state index in [1.807, 2.05) is 5.38 Å². The maximum Gasteiger partial charge on any atom is 0.252 e. The van der Waals surface area contributed by atoms with Crippen LogP contribution in [0.2, 0.25) is 0 Å². The highest BCUT2D eigenvalue weighted by Gasteiger charge is 2.09. The molecule has 0 radical (unpaired) electrons. The monoisotopic (exact) mass is 409 g/mol. The first kappa shape index (κ1) is 20.9. The van der Waals surface area contributed by atoms with Gasteiger partial charge in [0.2, 0.25) is 15.9 Å². The molecule has 0 fully saturated rings. The number of hydrogen-bond donors (Lipinski definition) is 3. The van der Waals surface area contributed by atoms with E-state index in [1.165, 1.54) is 11.3 Å². The molecule has 146 valence electrons. The number of thiophene rings is 1. The Hall–Kier alpha value is -2.39. The Morgan fingerprint density at radius 1 is 1.07 bits per heavy atom. The number of sulfonamides is 1. The molecule has 1 aromatic carbocycles. The number of amides is 2. The fraction of sp³-hybridized carbons (Fsp3) is 0.333. The second kappa shape index (κ2) is 10.1. The Labute approximate surface area is 163 Å². The van der Waals surface area contributed by atoms with Gasteiger partial charge in [-0.25, -0.2) is 8.42 Å². The third-order valence-electron chi connectivity index (χ3n) is 3.56. The number of benzene rings is 1. The molecule has 0 saturated carbocycles. The summed E-state index contributed by atoms with van der Waals surface area (Å²) in [5.41, 5.74) is 1.66. The minimum atomic E-state index is -3.33. The van der Waals surface area contributed by atoms with Gasteiger partial charge in [-0.05, 0) is 48.6 Å². The summed E-state index contributed by atoms with van der Waals surface area (Å²) in [7, 11) is -3.33. The number of nitrogens with one attached hydrogen (secondary N) is 3. The summed E-state index contributed by atoms with van der Waals surface area (Å²) < 4.78 is 25.9. The van der Waals surface area contributed by atoms with Gasteiger partial charge in [0.15, 0.2) is 0 Å². The molecule has 0 aliphatic heterocycles. The highest BCUT2D eigenvalue weighted by molar-refractivity contribution is 7.92. The largest absolute Gasteiger partial charge is 0.352 e.